The van der Waals surface area contributed by atoms with Crippen LogP contribution in [0.3, 0.4) is 0 Å². The Balaban J connectivity index is 1.65. The number of ketones is 1. The number of para-hydroxylation sites is 1. The molecule has 0 aliphatic carbocycles. The van der Waals surface area contributed by atoms with Crippen molar-refractivity contribution in [3.05, 3.63) is 53.6 Å². The minimum Gasteiger partial charge on any atom is -0.450 e. The molecular weight excluding hydrogens is 338 g/mol. The summed E-state index contributed by atoms with van der Waals surface area (Å²) in [5, 5.41) is 6.54. The number of anilines is 1. The molecule has 132 valence electrons. The number of rotatable bonds is 5. The van der Waals surface area contributed by atoms with Gasteiger partial charge in [-0.3, -0.25) is 9.59 Å². The molecule has 2 aromatic heterocycles. The molecule has 0 saturated heterocycles. The lowest BCUT2D eigenvalue weighted by molar-refractivity contribution is -0.119. The van der Waals surface area contributed by atoms with Crippen LogP contribution < -0.4 is 5.32 Å². The van der Waals surface area contributed by atoms with Crippen molar-refractivity contribution in [2.75, 3.05) is 11.9 Å². The topological polar surface area (TPSA) is 116 Å². The molecule has 0 spiro atoms. The molecule has 9 heteroatoms. The van der Waals surface area contributed by atoms with Gasteiger partial charge in [0.25, 0.3) is 17.5 Å². The van der Waals surface area contributed by atoms with E-state index in [9.17, 15) is 14.4 Å². The molecule has 0 fully saturated rings. The van der Waals surface area contributed by atoms with E-state index in [0.29, 0.717) is 11.3 Å². The standard InChI is InChI=1S/C17H15N5O4/c1-10-7-8-18-17-20-15(21-22(10)17)16(25)26-9-14(24)19-13-6-4-3-5-12(13)11(2)23/h3-8H,9H2,1-2H3,(H,19,24). The summed E-state index contributed by atoms with van der Waals surface area (Å²) in [5.41, 5.74) is 1.47. The number of aromatic nitrogens is 4. The molecule has 1 aromatic carbocycles. The Bertz CT molecular complexity index is 1010. The first-order valence-corrected chi connectivity index (χ1v) is 7.71. The molecule has 0 aliphatic rings. The fourth-order valence-corrected chi connectivity index (χ4v) is 2.27. The van der Waals surface area contributed by atoms with Crippen LogP contribution in [-0.2, 0) is 9.53 Å². The van der Waals surface area contributed by atoms with Gasteiger partial charge in [0.15, 0.2) is 12.4 Å². The normalized spacial score (nSPS) is 10.5. The smallest absolute Gasteiger partial charge is 0.378 e. The van der Waals surface area contributed by atoms with Gasteiger partial charge >= 0.3 is 5.97 Å². The third-order valence-corrected chi connectivity index (χ3v) is 3.53. The van der Waals surface area contributed by atoms with E-state index in [2.05, 4.69) is 20.4 Å². The summed E-state index contributed by atoms with van der Waals surface area (Å²) in [6.07, 6.45) is 1.55. The summed E-state index contributed by atoms with van der Waals surface area (Å²) in [6.45, 7) is 2.65. The molecule has 0 aliphatic heterocycles. The first-order valence-electron chi connectivity index (χ1n) is 7.71. The molecule has 0 atom stereocenters. The van der Waals surface area contributed by atoms with E-state index in [4.69, 9.17) is 4.74 Å². The molecule has 1 N–H and O–H groups in total. The molecule has 0 unspecified atom stereocenters. The van der Waals surface area contributed by atoms with Crippen molar-refractivity contribution in [1.29, 1.82) is 0 Å². The number of fused-ring (bicyclic) bond motifs is 1. The van der Waals surface area contributed by atoms with Gasteiger partial charge in [0.1, 0.15) is 0 Å². The number of carbonyl (C=O) groups is 3. The molecule has 1 amide bonds. The van der Waals surface area contributed by atoms with Crippen LogP contribution in [0.4, 0.5) is 5.69 Å². The van der Waals surface area contributed by atoms with Crippen LogP contribution in [-0.4, -0.2) is 43.8 Å². The second kappa shape index (κ2) is 7.09. The maximum atomic E-state index is 12.0. The van der Waals surface area contributed by atoms with E-state index in [0.717, 1.165) is 5.69 Å². The van der Waals surface area contributed by atoms with Crippen LogP contribution in [0.5, 0.6) is 0 Å². The first kappa shape index (κ1) is 17.2. The summed E-state index contributed by atoms with van der Waals surface area (Å²) in [4.78, 5) is 43.5. The van der Waals surface area contributed by atoms with E-state index in [1.165, 1.54) is 11.4 Å². The molecule has 0 bridgehead atoms. The van der Waals surface area contributed by atoms with Gasteiger partial charge in [0.2, 0.25) is 0 Å². The lowest BCUT2D eigenvalue weighted by Crippen LogP contribution is -2.22. The number of amides is 1. The zero-order valence-corrected chi connectivity index (χ0v) is 14.1. The highest BCUT2D eigenvalue weighted by atomic mass is 16.5. The predicted molar refractivity (Wildman–Crippen MR) is 90.9 cm³/mol. The van der Waals surface area contributed by atoms with E-state index >= 15 is 0 Å². The van der Waals surface area contributed by atoms with E-state index in [1.807, 2.05) is 0 Å². The predicted octanol–water partition coefficient (Wildman–Crippen LogP) is 1.43. The number of nitrogens with zero attached hydrogens (tertiary/aromatic N) is 4. The van der Waals surface area contributed by atoms with Crippen molar-refractivity contribution in [1.82, 2.24) is 19.6 Å². The minimum atomic E-state index is -0.843. The molecule has 3 aromatic rings. The largest absolute Gasteiger partial charge is 0.450 e. The van der Waals surface area contributed by atoms with Crippen LogP contribution in [0.1, 0.15) is 33.6 Å². The van der Waals surface area contributed by atoms with Gasteiger partial charge in [-0.2, -0.15) is 4.98 Å². The van der Waals surface area contributed by atoms with E-state index in [-0.39, 0.29) is 17.4 Å². The molecular formula is C17H15N5O4. The molecule has 9 nitrogen and oxygen atoms in total. The Morgan fingerprint density at radius 1 is 1.19 bits per heavy atom. The minimum absolute atomic E-state index is 0.185. The molecule has 0 saturated carbocycles. The average molecular weight is 353 g/mol. The van der Waals surface area contributed by atoms with E-state index in [1.54, 1.807) is 43.5 Å². The quantitative estimate of drug-likeness (QED) is 0.545. The SMILES string of the molecule is CC(=O)c1ccccc1NC(=O)COC(=O)c1nc2nccc(C)n2n1. The van der Waals surface area contributed by atoms with Crippen molar-refractivity contribution in [2.24, 2.45) is 0 Å². The summed E-state index contributed by atoms with van der Waals surface area (Å²) in [6, 6.07) is 8.28. The lowest BCUT2D eigenvalue weighted by atomic mass is 10.1. The number of ether oxygens (including phenoxy) is 1. The van der Waals surface area contributed by atoms with Gasteiger partial charge in [0, 0.05) is 17.5 Å². The number of hydrogen-bond donors (Lipinski definition) is 1. The number of aryl methyl sites for hydroxylation is 1. The van der Waals surface area contributed by atoms with Gasteiger partial charge < -0.3 is 10.1 Å². The highest BCUT2D eigenvalue weighted by Gasteiger charge is 2.18. The molecule has 26 heavy (non-hydrogen) atoms. The molecule has 0 radical (unpaired) electrons. The van der Waals surface area contributed by atoms with Gasteiger partial charge in [-0.05, 0) is 32.0 Å². The maximum Gasteiger partial charge on any atom is 0.378 e. The Morgan fingerprint density at radius 3 is 2.69 bits per heavy atom. The zero-order valence-electron chi connectivity index (χ0n) is 14.1. The van der Waals surface area contributed by atoms with Crippen LogP contribution in [0.2, 0.25) is 0 Å². The Morgan fingerprint density at radius 2 is 1.96 bits per heavy atom. The van der Waals surface area contributed by atoms with Crippen LogP contribution >= 0.6 is 0 Å². The van der Waals surface area contributed by atoms with Crippen LogP contribution in [0.25, 0.3) is 5.78 Å². The first-order chi connectivity index (χ1) is 12.5. The number of carbonyl (C=O) groups excluding carboxylic acids is 3. The number of hydrogen-bond acceptors (Lipinski definition) is 7. The van der Waals surface area contributed by atoms with Crippen LogP contribution in [0.15, 0.2) is 36.5 Å². The van der Waals surface area contributed by atoms with Crippen molar-refractivity contribution in [2.45, 2.75) is 13.8 Å². The van der Waals surface area contributed by atoms with Crippen LogP contribution in [0, 0.1) is 6.92 Å². The highest BCUT2D eigenvalue weighted by Crippen LogP contribution is 2.15. The van der Waals surface area contributed by atoms with Crippen molar-refractivity contribution in [3.63, 3.8) is 0 Å². The Kier molecular flexibility index (Phi) is 4.70. The fourth-order valence-electron chi connectivity index (χ4n) is 2.27. The van der Waals surface area contributed by atoms with Gasteiger partial charge in [-0.25, -0.2) is 14.3 Å². The third-order valence-electron chi connectivity index (χ3n) is 3.53. The van der Waals surface area contributed by atoms with E-state index < -0.39 is 18.5 Å². The summed E-state index contributed by atoms with van der Waals surface area (Å²) < 4.78 is 6.33. The summed E-state index contributed by atoms with van der Waals surface area (Å²) >= 11 is 0. The second-order valence-corrected chi connectivity index (χ2v) is 5.46. The summed E-state index contributed by atoms with van der Waals surface area (Å²) in [5.74, 6) is -1.54. The van der Waals surface area contributed by atoms with Gasteiger partial charge in [-0.1, -0.05) is 12.1 Å². The van der Waals surface area contributed by atoms with Gasteiger partial charge in [-0.15, -0.1) is 5.10 Å². The maximum absolute atomic E-state index is 12.0. The summed E-state index contributed by atoms with van der Waals surface area (Å²) in [7, 11) is 0. The average Bonchev–Trinajstić information content (AvgIpc) is 3.06. The number of benzene rings is 1. The number of esters is 1. The third kappa shape index (κ3) is 3.56. The fraction of sp³-hybridized carbons (Fsp3) is 0.176. The lowest BCUT2D eigenvalue weighted by Gasteiger charge is -2.08. The van der Waals surface area contributed by atoms with Crippen molar-refractivity contribution in [3.8, 4) is 0 Å². The number of nitrogens with one attached hydrogen (secondary N) is 1. The van der Waals surface area contributed by atoms with Gasteiger partial charge in [0.05, 0.1) is 5.69 Å². The monoisotopic (exact) mass is 353 g/mol. The highest BCUT2D eigenvalue weighted by molar-refractivity contribution is 6.04. The molecule has 3 rings (SSSR count). The number of Topliss-reactive ketones (excluding diaryl/α,β-unsaturated/α-hetero) is 1. The zero-order chi connectivity index (χ0) is 18.7. The van der Waals surface area contributed by atoms with Crippen molar-refractivity contribution < 1.29 is 19.1 Å². The molecule has 2 heterocycles. The second-order valence-electron chi connectivity index (χ2n) is 5.46. The Labute approximate surface area is 148 Å². The van der Waals surface area contributed by atoms with Crippen molar-refractivity contribution >= 4 is 29.1 Å². The Hall–Kier alpha value is -3.62.